The molecule has 1 aliphatic carbocycles. The number of amides is 2. The fourth-order valence-electron chi connectivity index (χ4n) is 3.40. The number of aromatic nitrogens is 2. The highest BCUT2D eigenvalue weighted by molar-refractivity contribution is 9.10. The molecule has 1 aromatic heterocycles. The van der Waals surface area contributed by atoms with Gasteiger partial charge in [-0.15, -0.1) is 0 Å². The minimum atomic E-state index is -0.237. The molecule has 2 N–H and O–H groups in total. The number of nitrogens with one attached hydrogen (secondary N) is 2. The van der Waals surface area contributed by atoms with Gasteiger partial charge in [-0.2, -0.15) is 5.10 Å². The van der Waals surface area contributed by atoms with Crippen molar-refractivity contribution in [3.8, 4) is 0 Å². The normalized spacial score (nSPS) is 14.2. The van der Waals surface area contributed by atoms with Gasteiger partial charge in [0.05, 0.1) is 12.2 Å². The highest BCUT2D eigenvalue weighted by atomic mass is 79.9. The van der Waals surface area contributed by atoms with E-state index in [1.54, 1.807) is 36.5 Å². The van der Waals surface area contributed by atoms with Crippen LogP contribution in [0.1, 0.15) is 52.1 Å². The first-order chi connectivity index (χ1) is 14.4. The molecule has 1 saturated carbocycles. The van der Waals surface area contributed by atoms with Gasteiger partial charge in [0.2, 0.25) is 0 Å². The number of aryl methyl sites for hydroxylation is 1. The van der Waals surface area contributed by atoms with E-state index < -0.39 is 0 Å². The molecule has 1 atom stereocenters. The van der Waals surface area contributed by atoms with Crippen molar-refractivity contribution in [1.82, 2.24) is 9.78 Å². The lowest BCUT2D eigenvalue weighted by molar-refractivity contribution is 0.101. The van der Waals surface area contributed by atoms with Crippen LogP contribution in [0, 0.1) is 12.8 Å². The van der Waals surface area contributed by atoms with Gasteiger partial charge in [-0.25, -0.2) is 4.68 Å². The molecule has 4 rings (SSSR count). The van der Waals surface area contributed by atoms with Gasteiger partial charge >= 0.3 is 0 Å². The van der Waals surface area contributed by atoms with Gasteiger partial charge < -0.3 is 10.6 Å². The Morgan fingerprint density at radius 3 is 2.40 bits per heavy atom. The molecule has 1 unspecified atom stereocenters. The van der Waals surface area contributed by atoms with Crippen LogP contribution in [0.2, 0.25) is 0 Å². The third-order valence-corrected chi connectivity index (χ3v) is 5.98. The van der Waals surface area contributed by atoms with Crippen LogP contribution in [-0.2, 0) is 0 Å². The number of hydrogen-bond donors (Lipinski definition) is 2. The van der Waals surface area contributed by atoms with E-state index in [0.717, 1.165) is 10.0 Å². The zero-order chi connectivity index (χ0) is 21.3. The van der Waals surface area contributed by atoms with E-state index >= 15 is 0 Å². The SMILES string of the molecule is Cc1ccc(C(=O)Nc2ccnn2C(C)C2CC2)cc1NC(=O)c1ccc(Br)cc1. The van der Waals surface area contributed by atoms with Gasteiger partial charge in [-0.1, -0.05) is 22.0 Å². The average Bonchev–Trinajstić information content (AvgIpc) is 3.48. The third kappa shape index (κ3) is 4.46. The van der Waals surface area contributed by atoms with Crippen molar-refractivity contribution in [2.45, 2.75) is 32.7 Å². The van der Waals surface area contributed by atoms with E-state index in [1.807, 2.05) is 29.8 Å². The van der Waals surface area contributed by atoms with Gasteiger partial charge in [0.1, 0.15) is 5.82 Å². The summed E-state index contributed by atoms with van der Waals surface area (Å²) >= 11 is 3.37. The molecule has 1 heterocycles. The van der Waals surface area contributed by atoms with E-state index in [9.17, 15) is 9.59 Å². The summed E-state index contributed by atoms with van der Waals surface area (Å²) in [6.07, 6.45) is 4.11. The Labute approximate surface area is 183 Å². The smallest absolute Gasteiger partial charge is 0.256 e. The predicted molar refractivity (Wildman–Crippen MR) is 121 cm³/mol. The Bertz CT molecular complexity index is 1090. The quantitative estimate of drug-likeness (QED) is 0.508. The molecular formula is C23H23BrN4O2. The minimum absolute atomic E-state index is 0.223. The first kappa shape index (κ1) is 20.3. The summed E-state index contributed by atoms with van der Waals surface area (Å²) in [6, 6.07) is 14.5. The highest BCUT2D eigenvalue weighted by Crippen LogP contribution is 2.40. The second kappa shape index (κ2) is 8.44. The number of carbonyl (C=O) groups is 2. The van der Waals surface area contributed by atoms with Crippen molar-refractivity contribution in [3.63, 3.8) is 0 Å². The Morgan fingerprint density at radius 1 is 1.03 bits per heavy atom. The van der Waals surface area contributed by atoms with Gasteiger partial charge in [0.25, 0.3) is 11.8 Å². The van der Waals surface area contributed by atoms with Crippen LogP contribution in [0.3, 0.4) is 0 Å². The highest BCUT2D eigenvalue weighted by Gasteiger charge is 2.30. The maximum Gasteiger partial charge on any atom is 0.256 e. The van der Waals surface area contributed by atoms with Crippen LogP contribution in [0.5, 0.6) is 0 Å². The number of anilines is 2. The monoisotopic (exact) mass is 466 g/mol. The number of benzene rings is 2. The van der Waals surface area contributed by atoms with Crippen molar-refractivity contribution in [1.29, 1.82) is 0 Å². The molecule has 2 amide bonds. The van der Waals surface area contributed by atoms with Gasteiger partial charge in [-0.3, -0.25) is 9.59 Å². The Kier molecular flexibility index (Phi) is 5.72. The zero-order valence-corrected chi connectivity index (χ0v) is 18.4. The third-order valence-electron chi connectivity index (χ3n) is 5.46. The van der Waals surface area contributed by atoms with Gasteiger partial charge in [0, 0.05) is 27.4 Å². The maximum absolute atomic E-state index is 12.9. The second-order valence-electron chi connectivity index (χ2n) is 7.68. The zero-order valence-electron chi connectivity index (χ0n) is 16.9. The molecule has 0 spiro atoms. The standard InChI is InChI=1S/C23H23BrN4O2/c1-14-3-4-18(13-20(14)26-22(29)17-7-9-19(24)10-8-17)23(30)27-21-11-12-25-28(21)15(2)16-5-6-16/h3-4,7-13,15-16H,5-6H2,1-2H3,(H,26,29)(H,27,30). The molecule has 7 heteroatoms. The lowest BCUT2D eigenvalue weighted by Gasteiger charge is -2.16. The van der Waals surface area contributed by atoms with Crippen molar-refractivity contribution in [2.75, 3.05) is 10.6 Å². The second-order valence-corrected chi connectivity index (χ2v) is 8.60. The molecule has 154 valence electrons. The first-order valence-corrected chi connectivity index (χ1v) is 10.7. The molecule has 3 aromatic rings. The lowest BCUT2D eigenvalue weighted by Crippen LogP contribution is -2.19. The molecule has 1 fully saturated rings. The van der Waals surface area contributed by atoms with E-state index in [4.69, 9.17) is 0 Å². The van der Waals surface area contributed by atoms with E-state index in [-0.39, 0.29) is 17.9 Å². The number of hydrogen-bond acceptors (Lipinski definition) is 3. The number of rotatable bonds is 6. The van der Waals surface area contributed by atoms with Crippen LogP contribution >= 0.6 is 15.9 Å². The molecule has 6 nitrogen and oxygen atoms in total. The molecule has 0 saturated heterocycles. The van der Waals surface area contributed by atoms with Crippen LogP contribution in [-0.4, -0.2) is 21.6 Å². The molecule has 0 radical (unpaired) electrons. The molecular weight excluding hydrogens is 444 g/mol. The Hall–Kier alpha value is -2.93. The predicted octanol–water partition coefficient (Wildman–Crippen LogP) is 5.43. The molecule has 0 aliphatic heterocycles. The van der Waals surface area contributed by atoms with Crippen molar-refractivity contribution in [2.24, 2.45) is 5.92 Å². The van der Waals surface area contributed by atoms with Crippen molar-refractivity contribution >= 4 is 39.2 Å². The summed E-state index contributed by atoms with van der Waals surface area (Å²) < 4.78 is 2.78. The summed E-state index contributed by atoms with van der Waals surface area (Å²) in [5.41, 5.74) is 2.50. The summed E-state index contributed by atoms with van der Waals surface area (Å²) in [4.78, 5) is 25.4. The number of halogens is 1. The lowest BCUT2D eigenvalue weighted by atomic mass is 10.1. The van der Waals surface area contributed by atoms with Gasteiger partial charge in [0.15, 0.2) is 0 Å². The average molecular weight is 467 g/mol. The van der Waals surface area contributed by atoms with Crippen molar-refractivity contribution in [3.05, 3.63) is 75.9 Å². The van der Waals surface area contributed by atoms with Crippen LogP contribution < -0.4 is 10.6 Å². The molecule has 0 bridgehead atoms. The van der Waals surface area contributed by atoms with Crippen molar-refractivity contribution < 1.29 is 9.59 Å². The number of carbonyl (C=O) groups excluding carboxylic acids is 2. The van der Waals surface area contributed by atoms with Crippen LogP contribution in [0.4, 0.5) is 11.5 Å². The fraction of sp³-hybridized carbons (Fsp3) is 0.261. The summed E-state index contributed by atoms with van der Waals surface area (Å²) in [5.74, 6) is 0.846. The largest absolute Gasteiger partial charge is 0.322 e. The first-order valence-electron chi connectivity index (χ1n) is 9.95. The van der Waals surface area contributed by atoms with Crippen LogP contribution in [0.15, 0.2) is 59.2 Å². The van der Waals surface area contributed by atoms with Crippen LogP contribution in [0.25, 0.3) is 0 Å². The molecule has 30 heavy (non-hydrogen) atoms. The Balaban J connectivity index is 1.50. The topological polar surface area (TPSA) is 76.0 Å². The Morgan fingerprint density at radius 2 is 1.70 bits per heavy atom. The molecule has 1 aliphatic rings. The maximum atomic E-state index is 12.9. The van der Waals surface area contributed by atoms with Gasteiger partial charge in [-0.05, 0) is 74.6 Å². The van der Waals surface area contributed by atoms with E-state index in [0.29, 0.717) is 28.6 Å². The van der Waals surface area contributed by atoms with E-state index in [2.05, 4.69) is 38.6 Å². The van der Waals surface area contributed by atoms with E-state index in [1.165, 1.54) is 12.8 Å². The summed E-state index contributed by atoms with van der Waals surface area (Å²) in [6.45, 7) is 4.02. The summed E-state index contributed by atoms with van der Waals surface area (Å²) in [5, 5.41) is 10.2. The minimum Gasteiger partial charge on any atom is -0.322 e. The molecule has 2 aromatic carbocycles. The fourth-order valence-corrected chi connectivity index (χ4v) is 3.66. The summed E-state index contributed by atoms with van der Waals surface area (Å²) in [7, 11) is 0. The number of nitrogens with zero attached hydrogens (tertiary/aromatic N) is 2.